The quantitative estimate of drug-likeness (QED) is 0.599. The van der Waals surface area contributed by atoms with Crippen LogP contribution in [-0.2, 0) is 5.75 Å². The van der Waals surface area contributed by atoms with Crippen LogP contribution >= 0.6 is 11.8 Å². The number of hydrogen-bond donors (Lipinski definition) is 0. The zero-order valence-corrected chi connectivity index (χ0v) is 14.7. The Hall–Kier alpha value is -1.29. The summed E-state index contributed by atoms with van der Waals surface area (Å²) in [7, 11) is 0. The van der Waals surface area contributed by atoms with Gasteiger partial charge in [-0.15, -0.1) is 10.2 Å². The van der Waals surface area contributed by atoms with Gasteiger partial charge >= 0.3 is 0 Å². The van der Waals surface area contributed by atoms with E-state index in [1.54, 1.807) is 11.8 Å². The summed E-state index contributed by atoms with van der Waals surface area (Å²) >= 11 is 1.59. The van der Waals surface area contributed by atoms with Crippen LogP contribution in [0.1, 0.15) is 68.9 Å². The van der Waals surface area contributed by atoms with Crippen molar-refractivity contribution in [3.05, 3.63) is 41.8 Å². The molecule has 3 nitrogen and oxygen atoms in total. The number of aromatic nitrogens is 2. The Kier molecular flexibility index (Phi) is 6.14. The van der Waals surface area contributed by atoms with E-state index in [9.17, 15) is 0 Å². The summed E-state index contributed by atoms with van der Waals surface area (Å²) in [5.41, 5.74) is 2.84. The molecule has 4 heteroatoms. The standard InChI is InChI=1S/C19H26N2OS/c1-2-3-5-15-6-4-7-18(12-15)17-10-8-16(9-11-17)13-23-19-21-20-14-22-19/h8-11,14-15,18H,2-7,12-13H2,1H3. The summed E-state index contributed by atoms with van der Waals surface area (Å²) in [4.78, 5) is 0. The van der Waals surface area contributed by atoms with Crippen molar-refractivity contribution in [3.8, 4) is 0 Å². The smallest absolute Gasteiger partial charge is 0.276 e. The molecule has 1 aliphatic carbocycles. The second-order valence-corrected chi connectivity index (χ2v) is 7.53. The normalized spacial score (nSPS) is 21.4. The predicted molar refractivity (Wildman–Crippen MR) is 94.5 cm³/mol. The fourth-order valence-corrected chi connectivity index (χ4v) is 4.30. The van der Waals surface area contributed by atoms with Gasteiger partial charge in [-0.25, -0.2) is 0 Å². The van der Waals surface area contributed by atoms with Gasteiger partial charge in [-0.1, -0.05) is 75.1 Å². The van der Waals surface area contributed by atoms with Crippen LogP contribution in [-0.4, -0.2) is 10.2 Å². The molecule has 2 unspecified atom stereocenters. The molecular weight excluding hydrogens is 304 g/mol. The Bertz CT molecular complexity index is 568. The maximum Gasteiger partial charge on any atom is 0.276 e. The lowest BCUT2D eigenvalue weighted by molar-refractivity contribution is 0.300. The fraction of sp³-hybridized carbons (Fsp3) is 0.579. The van der Waals surface area contributed by atoms with E-state index in [1.165, 1.54) is 62.5 Å². The van der Waals surface area contributed by atoms with Crippen molar-refractivity contribution in [3.63, 3.8) is 0 Å². The lowest BCUT2D eigenvalue weighted by Crippen LogP contribution is -2.14. The van der Waals surface area contributed by atoms with Gasteiger partial charge in [0, 0.05) is 5.75 Å². The molecule has 3 rings (SSSR count). The molecule has 23 heavy (non-hydrogen) atoms. The van der Waals surface area contributed by atoms with Crippen LogP contribution in [0.2, 0.25) is 0 Å². The summed E-state index contributed by atoms with van der Waals surface area (Å²) < 4.78 is 5.16. The maximum atomic E-state index is 5.16. The Labute approximate surface area is 143 Å². The summed E-state index contributed by atoms with van der Waals surface area (Å²) in [6.07, 6.45) is 11.1. The van der Waals surface area contributed by atoms with Gasteiger partial charge in [0.25, 0.3) is 5.22 Å². The third-order valence-electron chi connectivity index (χ3n) is 4.90. The van der Waals surface area contributed by atoms with Crippen molar-refractivity contribution < 1.29 is 4.42 Å². The van der Waals surface area contributed by atoms with Crippen LogP contribution < -0.4 is 0 Å². The number of benzene rings is 1. The molecule has 1 aromatic carbocycles. The van der Waals surface area contributed by atoms with Crippen LogP contribution in [0.5, 0.6) is 0 Å². The average molecular weight is 330 g/mol. The molecule has 0 saturated heterocycles. The molecule has 0 spiro atoms. The Morgan fingerprint density at radius 1 is 1.22 bits per heavy atom. The third-order valence-corrected chi connectivity index (χ3v) is 5.80. The van der Waals surface area contributed by atoms with Crippen molar-refractivity contribution in [2.24, 2.45) is 5.92 Å². The van der Waals surface area contributed by atoms with Crippen LogP contribution in [0.25, 0.3) is 0 Å². The number of nitrogens with zero attached hydrogens (tertiary/aromatic N) is 2. The topological polar surface area (TPSA) is 38.9 Å². The molecule has 0 N–H and O–H groups in total. The maximum absolute atomic E-state index is 5.16. The fourth-order valence-electron chi connectivity index (χ4n) is 3.61. The van der Waals surface area contributed by atoms with Gasteiger partial charge in [0.2, 0.25) is 6.39 Å². The van der Waals surface area contributed by atoms with Gasteiger partial charge in [0.15, 0.2) is 0 Å². The van der Waals surface area contributed by atoms with Gasteiger partial charge in [0.05, 0.1) is 0 Å². The number of unbranched alkanes of at least 4 members (excludes halogenated alkanes) is 1. The minimum absolute atomic E-state index is 0.639. The average Bonchev–Trinajstić information content (AvgIpc) is 3.12. The van der Waals surface area contributed by atoms with Crippen LogP contribution in [0.15, 0.2) is 40.3 Å². The first-order chi connectivity index (χ1) is 11.3. The number of hydrogen-bond acceptors (Lipinski definition) is 4. The summed E-state index contributed by atoms with van der Waals surface area (Å²) in [5, 5.41) is 8.24. The molecule has 0 bridgehead atoms. The van der Waals surface area contributed by atoms with E-state index in [0.717, 1.165) is 17.6 Å². The summed E-state index contributed by atoms with van der Waals surface area (Å²) in [6, 6.07) is 9.18. The molecule has 1 aromatic heterocycles. The molecule has 2 aromatic rings. The highest BCUT2D eigenvalue weighted by molar-refractivity contribution is 7.98. The van der Waals surface area contributed by atoms with Crippen LogP contribution in [0.4, 0.5) is 0 Å². The van der Waals surface area contributed by atoms with Crippen molar-refractivity contribution in [1.82, 2.24) is 10.2 Å². The van der Waals surface area contributed by atoms with E-state index in [0.29, 0.717) is 5.22 Å². The minimum Gasteiger partial charge on any atom is -0.419 e. The van der Waals surface area contributed by atoms with Crippen molar-refractivity contribution in [2.45, 2.75) is 68.8 Å². The molecule has 1 saturated carbocycles. The molecule has 0 radical (unpaired) electrons. The minimum atomic E-state index is 0.639. The van der Waals surface area contributed by atoms with Gasteiger partial charge in [0.1, 0.15) is 0 Å². The van der Waals surface area contributed by atoms with Gasteiger partial charge < -0.3 is 4.42 Å². The molecule has 0 aliphatic heterocycles. The third kappa shape index (κ3) is 4.84. The molecular formula is C19H26N2OS. The Morgan fingerprint density at radius 2 is 2.09 bits per heavy atom. The zero-order valence-electron chi connectivity index (χ0n) is 13.9. The SMILES string of the molecule is CCCCC1CCCC(c2ccc(CSc3nnco3)cc2)C1. The zero-order chi connectivity index (χ0) is 15.9. The van der Waals surface area contributed by atoms with Gasteiger partial charge in [-0.3, -0.25) is 0 Å². The molecule has 0 amide bonds. The first-order valence-electron chi connectivity index (χ1n) is 8.83. The summed E-state index contributed by atoms with van der Waals surface area (Å²) in [6.45, 7) is 2.30. The van der Waals surface area contributed by atoms with E-state index in [4.69, 9.17) is 4.42 Å². The van der Waals surface area contributed by atoms with E-state index in [-0.39, 0.29) is 0 Å². The lowest BCUT2D eigenvalue weighted by Gasteiger charge is -2.29. The van der Waals surface area contributed by atoms with E-state index >= 15 is 0 Å². The lowest BCUT2D eigenvalue weighted by atomic mass is 9.76. The molecule has 124 valence electrons. The largest absolute Gasteiger partial charge is 0.419 e. The first kappa shape index (κ1) is 16.6. The summed E-state index contributed by atoms with van der Waals surface area (Å²) in [5.74, 6) is 2.59. The van der Waals surface area contributed by atoms with Crippen molar-refractivity contribution in [2.75, 3.05) is 0 Å². The predicted octanol–water partition coefficient (Wildman–Crippen LogP) is 5.83. The highest BCUT2D eigenvalue weighted by Crippen LogP contribution is 2.38. The Morgan fingerprint density at radius 3 is 2.83 bits per heavy atom. The first-order valence-corrected chi connectivity index (χ1v) is 9.81. The number of rotatable bonds is 7. The second kappa shape index (κ2) is 8.53. The monoisotopic (exact) mass is 330 g/mol. The highest BCUT2D eigenvalue weighted by Gasteiger charge is 2.22. The number of thioether (sulfide) groups is 1. The Balaban J connectivity index is 1.53. The van der Waals surface area contributed by atoms with Gasteiger partial charge in [-0.2, -0.15) is 0 Å². The van der Waals surface area contributed by atoms with Crippen LogP contribution in [0.3, 0.4) is 0 Å². The molecule has 1 heterocycles. The van der Waals surface area contributed by atoms with Crippen LogP contribution in [0, 0.1) is 5.92 Å². The molecule has 1 fully saturated rings. The van der Waals surface area contributed by atoms with Crippen molar-refractivity contribution in [1.29, 1.82) is 0 Å². The second-order valence-electron chi connectivity index (χ2n) is 6.61. The van der Waals surface area contributed by atoms with E-state index in [1.807, 2.05) is 0 Å². The van der Waals surface area contributed by atoms with E-state index in [2.05, 4.69) is 41.4 Å². The van der Waals surface area contributed by atoms with E-state index < -0.39 is 0 Å². The van der Waals surface area contributed by atoms with Crippen molar-refractivity contribution >= 4 is 11.8 Å². The van der Waals surface area contributed by atoms with Gasteiger partial charge in [-0.05, 0) is 35.8 Å². The molecule has 1 aliphatic rings. The molecule has 2 atom stereocenters. The highest BCUT2D eigenvalue weighted by atomic mass is 32.2.